The zero-order valence-corrected chi connectivity index (χ0v) is 10.8. The SMILES string of the molecule is C#CC1(O)CCN(CC)C2CCCCC21.Cl. The van der Waals surface area contributed by atoms with Crippen LogP contribution in [0.4, 0.5) is 0 Å². The zero-order chi connectivity index (χ0) is 10.9. The first-order valence-electron chi connectivity index (χ1n) is 6.15. The van der Waals surface area contributed by atoms with E-state index < -0.39 is 5.60 Å². The predicted octanol–water partition coefficient (Wildman–Crippen LogP) is 2.06. The number of hydrogen-bond donors (Lipinski definition) is 1. The summed E-state index contributed by atoms with van der Waals surface area (Å²) in [6.07, 6.45) is 11.1. The van der Waals surface area contributed by atoms with Crippen LogP contribution in [0, 0.1) is 18.3 Å². The highest BCUT2D eigenvalue weighted by Crippen LogP contribution is 2.40. The maximum Gasteiger partial charge on any atom is 0.130 e. The number of rotatable bonds is 1. The van der Waals surface area contributed by atoms with Gasteiger partial charge in [-0.2, -0.15) is 0 Å². The first-order valence-corrected chi connectivity index (χ1v) is 6.15. The van der Waals surface area contributed by atoms with Crippen molar-refractivity contribution in [1.82, 2.24) is 4.90 Å². The van der Waals surface area contributed by atoms with Gasteiger partial charge in [-0.1, -0.05) is 25.7 Å². The third kappa shape index (κ3) is 2.22. The van der Waals surface area contributed by atoms with E-state index in [4.69, 9.17) is 6.42 Å². The molecule has 1 aliphatic heterocycles. The van der Waals surface area contributed by atoms with Crippen LogP contribution in [0.25, 0.3) is 0 Å². The van der Waals surface area contributed by atoms with Gasteiger partial charge in [0.25, 0.3) is 0 Å². The Labute approximate surface area is 105 Å². The standard InChI is InChI=1S/C13H21NO.ClH/c1-3-13(15)9-10-14(4-2)12-8-6-5-7-11(12)13;/h1,11-12,15H,4-10H2,2H3;1H. The molecule has 1 heterocycles. The molecule has 2 rings (SSSR count). The van der Waals surface area contributed by atoms with Crippen LogP contribution in [-0.2, 0) is 0 Å². The first-order chi connectivity index (χ1) is 7.21. The molecule has 2 fully saturated rings. The summed E-state index contributed by atoms with van der Waals surface area (Å²) in [7, 11) is 0. The van der Waals surface area contributed by atoms with E-state index in [9.17, 15) is 5.11 Å². The molecule has 3 heteroatoms. The van der Waals surface area contributed by atoms with Gasteiger partial charge < -0.3 is 10.0 Å². The molecule has 0 bridgehead atoms. The Bertz CT molecular complexity index is 276. The van der Waals surface area contributed by atoms with E-state index in [1.807, 2.05) is 0 Å². The second-order valence-corrected chi connectivity index (χ2v) is 4.91. The molecule has 92 valence electrons. The van der Waals surface area contributed by atoms with Crippen LogP contribution in [0.2, 0.25) is 0 Å². The van der Waals surface area contributed by atoms with E-state index in [0.717, 1.165) is 25.9 Å². The maximum atomic E-state index is 10.4. The van der Waals surface area contributed by atoms with Crippen LogP contribution in [0.1, 0.15) is 39.0 Å². The van der Waals surface area contributed by atoms with Crippen molar-refractivity contribution in [2.45, 2.75) is 50.7 Å². The number of nitrogens with zero attached hydrogens (tertiary/aromatic N) is 1. The third-order valence-corrected chi connectivity index (χ3v) is 4.25. The van der Waals surface area contributed by atoms with Crippen molar-refractivity contribution < 1.29 is 5.11 Å². The minimum atomic E-state index is -0.823. The van der Waals surface area contributed by atoms with Crippen molar-refractivity contribution >= 4 is 12.4 Å². The number of likely N-dealkylation sites (tertiary alicyclic amines) is 1. The lowest BCUT2D eigenvalue weighted by atomic mass is 9.69. The van der Waals surface area contributed by atoms with Gasteiger partial charge in [-0.15, -0.1) is 18.8 Å². The van der Waals surface area contributed by atoms with Gasteiger partial charge in [0.1, 0.15) is 5.60 Å². The van der Waals surface area contributed by atoms with Gasteiger partial charge in [0.2, 0.25) is 0 Å². The fraction of sp³-hybridized carbons (Fsp3) is 0.846. The predicted molar refractivity (Wildman–Crippen MR) is 68.6 cm³/mol. The van der Waals surface area contributed by atoms with Gasteiger partial charge >= 0.3 is 0 Å². The number of hydrogen-bond acceptors (Lipinski definition) is 2. The molecule has 3 unspecified atom stereocenters. The van der Waals surface area contributed by atoms with Gasteiger partial charge in [-0.25, -0.2) is 0 Å². The van der Waals surface area contributed by atoms with Crippen LogP contribution in [0.3, 0.4) is 0 Å². The van der Waals surface area contributed by atoms with Gasteiger partial charge in [-0.05, 0) is 19.4 Å². The molecule has 1 saturated carbocycles. The third-order valence-electron chi connectivity index (χ3n) is 4.25. The molecule has 0 amide bonds. The van der Waals surface area contributed by atoms with E-state index >= 15 is 0 Å². The lowest BCUT2D eigenvalue weighted by molar-refractivity contribution is -0.0764. The van der Waals surface area contributed by atoms with Crippen molar-refractivity contribution in [3.8, 4) is 12.3 Å². The van der Waals surface area contributed by atoms with E-state index in [1.54, 1.807) is 0 Å². The topological polar surface area (TPSA) is 23.5 Å². The van der Waals surface area contributed by atoms with Crippen LogP contribution in [0.5, 0.6) is 0 Å². The quantitative estimate of drug-likeness (QED) is 0.713. The number of aliphatic hydroxyl groups is 1. The minimum Gasteiger partial charge on any atom is -0.377 e. The molecule has 0 radical (unpaired) electrons. The molecule has 0 aromatic heterocycles. The summed E-state index contributed by atoms with van der Waals surface area (Å²) in [5.41, 5.74) is -0.823. The minimum absolute atomic E-state index is 0. The second-order valence-electron chi connectivity index (χ2n) is 4.91. The summed E-state index contributed by atoms with van der Waals surface area (Å²) in [6.45, 7) is 4.24. The van der Waals surface area contributed by atoms with Gasteiger partial charge in [0.15, 0.2) is 0 Å². The Balaban J connectivity index is 0.00000128. The zero-order valence-electron chi connectivity index (χ0n) is 9.98. The Kier molecular flexibility index (Phi) is 4.67. The van der Waals surface area contributed by atoms with Crippen molar-refractivity contribution in [2.24, 2.45) is 5.92 Å². The molecule has 2 aliphatic rings. The summed E-state index contributed by atoms with van der Waals surface area (Å²) in [4.78, 5) is 2.50. The lowest BCUT2D eigenvalue weighted by Gasteiger charge is -2.50. The Morgan fingerprint density at radius 3 is 2.75 bits per heavy atom. The monoisotopic (exact) mass is 243 g/mol. The summed E-state index contributed by atoms with van der Waals surface area (Å²) >= 11 is 0. The van der Waals surface area contributed by atoms with Crippen molar-refractivity contribution in [3.05, 3.63) is 0 Å². The van der Waals surface area contributed by atoms with Crippen LogP contribution in [-0.4, -0.2) is 34.7 Å². The number of fused-ring (bicyclic) bond motifs is 1. The highest BCUT2D eigenvalue weighted by atomic mass is 35.5. The average Bonchev–Trinajstić information content (AvgIpc) is 2.30. The highest BCUT2D eigenvalue weighted by Gasteiger charge is 2.46. The van der Waals surface area contributed by atoms with Crippen molar-refractivity contribution in [2.75, 3.05) is 13.1 Å². The molecule has 0 spiro atoms. The molecule has 0 aromatic rings. The van der Waals surface area contributed by atoms with Gasteiger partial charge in [0, 0.05) is 24.9 Å². The molecular weight excluding hydrogens is 222 g/mol. The largest absolute Gasteiger partial charge is 0.377 e. The summed E-state index contributed by atoms with van der Waals surface area (Å²) in [6, 6.07) is 0.526. The summed E-state index contributed by atoms with van der Waals surface area (Å²) in [5.74, 6) is 2.96. The normalized spacial score (nSPS) is 39.3. The van der Waals surface area contributed by atoms with E-state index in [-0.39, 0.29) is 12.4 Å². The highest BCUT2D eigenvalue weighted by molar-refractivity contribution is 5.85. The fourth-order valence-electron chi connectivity index (χ4n) is 3.34. The van der Waals surface area contributed by atoms with E-state index in [2.05, 4.69) is 17.7 Å². The number of terminal acetylenes is 1. The lowest BCUT2D eigenvalue weighted by Crippen LogP contribution is -2.58. The molecule has 16 heavy (non-hydrogen) atoms. The smallest absolute Gasteiger partial charge is 0.130 e. The number of halogens is 1. The molecule has 0 aromatic carbocycles. The Morgan fingerprint density at radius 2 is 2.12 bits per heavy atom. The molecule has 1 aliphatic carbocycles. The summed E-state index contributed by atoms with van der Waals surface area (Å²) < 4.78 is 0. The van der Waals surface area contributed by atoms with Crippen molar-refractivity contribution in [1.29, 1.82) is 0 Å². The number of piperidine rings is 1. The van der Waals surface area contributed by atoms with Crippen molar-refractivity contribution in [3.63, 3.8) is 0 Å². The van der Waals surface area contributed by atoms with Gasteiger partial charge in [0.05, 0.1) is 0 Å². The fourth-order valence-corrected chi connectivity index (χ4v) is 3.34. The van der Waals surface area contributed by atoms with Crippen LogP contribution >= 0.6 is 12.4 Å². The molecular formula is C13H22ClNO. The van der Waals surface area contributed by atoms with Crippen LogP contribution in [0.15, 0.2) is 0 Å². The van der Waals surface area contributed by atoms with E-state index in [0.29, 0.717) is 12.0 Å². The second kappa shape index (κ2) is 5.40. The van der Waals surface area contributed by atoms with Gasteiger partial charge in [-0.3, -0.25) is 0 Å². The molecule has 2 nitrogen and oxygen atoms in total. The Hall–Kier alpha value is -0.230. The van der Waals surface area contributed by atoms with E-state index in [1.165, 1.54) is 19.3 Å². The average molecular weight is 244 g/mol. The Morgan fingerprint density at radius 1 is 1.44 bits per heavy atom. The molecule has 1 N–H and O–H groups in total. The van der Waals surface area contributed by atoms with Crippen LogP contribution < -0.4 is 0 Å². The molecule has 3 atom stereocenters. The first kappa shape index (κ1) is 13.8. The summed E-state index contributed by atoms with van der Waals surface area (Å²) in [5, 5.41) is 10.4. The maximum absolute atomic E-state index is 10.4. The molecule has 1 saturated heterocycles.